The molecule has 1 aromatic carbocycles. The Morgan fingerprint density at radius 3 is 2.48 bits per heavy atom. The van der Waals surface area contributed by atoms with Gasteiger partial charge in [0.05, 0.1) is 11.0 Å². The molecule has 7 heteroatoms. The van der Waals surface area contributed by atoms with E-state index < -0.39 is 10.9 Å². The number of nitro benzene ring substituents is 1. The lowest BCUT2D eigenvalue weighted by Gasteiger charge is -2.12. The quantitative estimate of drug-likeness (QED) is 0.195. The Kier molecular flexibility index (Phi) is 9.21. The molecule has 0 radical (unpaired) electrons. The Balaban J connectivity index is 2.31. The maximum atomic E-state index is 11.8. The molecule has 0 aromatic heterocycles. The molecule has 1 rings (SSSR count). The van der Waals surface area contributed by atoms with Crippen molar-refractivity contribution in [3.05, 3.63) is 34.4 Å². The van der Waals surface area contributed by atoms with E-state index in [-0.39, 0.29) is 42.8 Å². The molecule has 0 saturated carbocycles. The van der Waals surface area contributed by atoms with Crippen molar-refractivity contribution in [3.8, 4) is 5.75 Å². The number of unbranched alkanes of at least 4 members (excludes halogenated alkanes) is 2. The minimum Gasteiger partial charge on any atom is -0.463 e. The summed E-state index contributed by atoms with van der Waals surface area (Å²) in [7, 11) is 0. The lowest BCUT2D eigenvalue weighted by molar-refractivity contribution is -0.385. The highest BCUT2D eigenvalue weighted by Gasteiger charge is 2.17. The van der Waals surface area contributed by atoms with E-state index >= 15 is 0 Å². The van der Waals surface area contributed by atoms with Gasteiger partial charge >= 0.3 is 17.6 Å². The fraction of sp³-hybridized carbons (Fsp3) is 0.556. The third-order valence-corrected chi connectivity index (χ3v) is 3.59. The zero-order chi connectivity index (χ0) is 18.7. The molecule has 1 atom stereocenters. The number of ether oxygens (including phenoxy) is 2. The molecule has 25 heavy (non-hydrogen) atoms. The van der Waals surface area contributed by atoms with Gasteiger partial charge in [0, 0.05) is 18.9 Å². The maximum Gasteiger partial charge on any atom is 0.311 e. The summed E-state index contributed by atoms with van der Waals surface area (Å²) in [6.07, 6.45) is 4.34. The summed E-state index contributed by atoms with van der Waals surface area (Å²) in [5.41, 5.74) is -0.267. The van der Waals surface area contributed by atoms with Crippen LogP contribution in [0.25, 0.3) is 0 Å². The second-order valence-corrected chi connectivity index (χ2v) is 5.85. The van der Waals surface area contributed by atoms with Crippen LogP contribution >= 0.6 is 0 Å². The zero-order valence-corrected chi connectivity index (χ0v) is 14.7. The summed E-state index contributed by atoms with van der Waals surface area (Å²) >= 11 is 0. The molecule has 138 valence electrons. The average molecular weight is 351 g/mol. The van der Waals surface area contributed by atoms with Crippen LogP contribution < -0.4 is 4.74 Å². The highest BCUT2D eigenvalue weighted by atomic mass is 16.6. The van der Waals surface area contributed by atoms with Gasteiger partial charge in [-0.2, -0.15) is 0 Å². The number of benzene rings is 1. The lowest BCUT2D eigenvalue weighted by Crippen LogP contribution is -2.15. The Morgan fingerprint density at radius 2 is 1.80 bits per heavy atom. The van der Waals surface area contributed by atoms with Gasteiger partial charge in [0.2, 0.25) is 5.75 Å². The normalized spacial score (nSPS) is 11.6. The third kappa shape index (κ3) is 8.28. The second-order valence-electron chi connectivity index (χ2n) is 5.85. The predicted octanol–water partition coefficient (Wildman–Crippen LogP) is 4.18. The molecule has 1 unspecified atom stereocenters. The number of para-hydroxylation sites is 2. The molecule has 0 spiro atoms. The average Bonchev–Trinajstić information content (AvgIpc) is 2.55. The maximum absolute atomic E-state index is 11.8. The van der Waals surface area contributed by atoms with E-state index in [1.807, 2.05) is 6.92 Å². The summed E-state index contributed by atoms with van der Waals surface area (Å²) in [6.45, 7) is 3.97. The molecule has 0 heterocycles. The zero-order valence-electron chi connectivity index (χ0n) is 14.7. The summed E-state index contributed by atoms with van der Waals surface area (Å²) in [5.74, 6) is -1.05. The fourth-order valence-electron chi connectivity index (χ4n) is 2.27. The van der Waals surface area contributed by atoms with Crippen molar-refractivity contribution in [1.29, 1.82) is 0 Å². The van der Waals surface area contributed by atoms with Gasteiger partial charge in [-0.05, 0) is 32.3 Å². The highest BCUT2D eigenvalue weighted by molar-refractivity contribution is 5.75. The van der Waals surface area contributed by atoms with Gasteiger partial charge < -0.3 is 9.47 Å². The Labute approximate surface area is 147 Å². The molecule has 0 fully saturated rings. The number of hydrogen-bond acceptors (Lipinski definition) is 6. The van der Waals surface area contributed by atoms with Gasteiger partial charge in [0.1, 0.15) is 0 Å². The Morgan fingerprint density at radius 1 is 1.12 bits per heavy atom. The van der Waals surface area contributed by atoms with E-state index in [2.05, 4.69) is 6.92 Å². The molecule has 0 N–H and O–H groups in total. The van der Waals surface area contributed by atoms with E-state index in [9.17, 15) is 19.7 Å². The topological polar surface area (TPSA) is 95.7 Å². The summed E-state index contributed by atoms with van der Waals surface area (Å²) in [5, 5.41) is 10.9. The van der Waals surface area contributed by atoms with Crippen molar-refractivity contribution >= 4 is 17.6 Å². The van der Waals surface area contributed by atoms with Gasteiger partial charge in [-0.3, -0.25) is 19.7 Å². The lowest BCUT2D eigenvalue weighted by atomic mass is 10.1. The van der Waals surface area contributed by atoms with Gasteiger partial charge in [-0.25, -0.2) is 0 Å². The van der Waals surface area contributed by atoms with Crippen LogP contribution in [-0.4, -0.2) is 23.0 Å². The third-order valence-electron chi connectivity index (χ3n) is 3.59. The number of rotatable bonds is 11. The first-order valence-corrected chi connectivity index (χ1v) is 8.57. The van der Waals surface area contributed by atoms with Crippen LogP contribution in [0.2, 0.25) is 0 Å². The smallest absolute Gasteiger partial charge is 0.311 e. The van der Waals surface area contributed by atoms with Crippen molar-refractivity contribution < 1.29 is 24.0 Å². The van der Waals surface area contributed by atoms with Crippen LogP contribution in [0.3, 0.4) is 0 Å². The summed E-state index contributed by atoms with van der Waals surface area (Å²) < 4.78 is 10.3. The molecule has 0 amide bonds. The van der Waals surface area contributed by atoms with Gasteiger partial charge in [-0.15, -0.1) is 0 Å². The monoisotopic (exact) mass is 351 g/mol. The van der Waals surface area contributed by atoms with E-state index in [1.54, 1.807) is 6.07 Å². The van der Waals surface area contributed by atoms with Crippen molar-refractivity contribution in [2.24, 2.45) is 0 Å². The Bertz CT molecular complexity index is 587. The number of carbonyl (C=O) groups excluding carboxylic acids is 2. The number of esters is 2. The van der Waals surface area contributed by atoms with Crippen LogP contribution in [0, 0.1) is 10.1 Å². The van der Waals surface area contributed by atoms with Crippen LogP contribution in [0.4, 0.5) is 5.69 Å². The van der Waals surface area contributed by atoms with Crippen LogP contribution in [-0.2, 0) is 14.3 Å². The molecule has 0 aliphatic heterocycles. The number of nitrogens with zero attached hydrogens (tertiary/aromatic N) is 1. The number of nitro groups is 1. The molecule has 1 aromatic rings. The van der Waals surface area contributed by atoms with Crippen LogP contribution in [0.1, 0.15) is 58.8 Å². The molecular weight excluding hydrogens is 326 g/mol. The molecule has 0 bridgehead atoms. The predicted molar refractivity (Wildman–Crippen MR) is 92.3 cm³/mol. The first-order valence-electron chi connectivity index (χ1n) is 8.57. The van der Waals surface area contributed by atoms with Gasteiger partial charge in [0.25, 0.3) is 0 Å². The largest absolute Gasteiger partial charge is 0.463 e. The first-order chi connectivity index (χ1) is 11.9. The van der Waals surface area contributed by atoms with Crippen LogP contribution in [0.5, 0.6) is 5.75 Å². The van der Waals surface area contributed by atoms with E-state index in [0.717, 1.165) is 25.7 Å². The minimum atomic E-state index is -0.613. The number of carbonyl (C=O) groups is 2. The molecular formula is C18H25NO6. The number of hydrogen-bond donors (Lipinski definition) is 0. The van der Waals surface area contributed by atoms with Gasteiger partial charge in [-0.1, -0.05) is 31.9 Å². The van der Waals surface area contributed by atoms with Gasteiger partial charge in [0.15, 0.2) is 0 Å². The first kappa shape index (κ1) is 20.6. The van der Waals surface area contributed by atoms with Crippen molar-refractivity contribution in [2.75, 3.05) is 0 Å². The second kappa shape index (κ2) is 11.2. The van der Waals surface area contributed by atoms with E-state index in [4.69, 9.17) is 9.47 Å². The van der Waals surface area contributed by atoms with E-state index in [0.29, 0.717) is 0 Å². The Hall–Kier alpha value is -2.44. The SMILES string of the molecule is CCCCCC(C)OC(=O)CCCC(=O)Oc1ccccc1[N+](=O)[O-]. The van der Waals surface area contributed by atoms with Crippen molar-refractivity contribution in [2.45, 2.75) is 64.9 Å². The van der Waals surface area contributed by atoms with E-state index in [1.165, 1.54) is 18.2 Å². The van der Waals surface area contributed by atoms with Crippen molar-refractivity contribution in [1.82, 2.24) is 0 Å². The fourth-order valence-corrected chi connectivity index (χ4v) is 2.27. The summed E-state index contributed by atoms with van der Waals surface area (Å²) in [6, 6.07) is 5.67. The molecule has 0 saturated heterocycles. The molecule has 0 aliphatic rings. The van der Waals surface area contributed by atoms with Crippen LogP contribution in [0.15, 0.2) is 24.3 Å². The summed E-state index contributed by atoms with van der Waals surface area (Å²) in [4.78, 5) is 33.7. The van der Waals surface area contributed by atoms with Crippen molar-refractivity contribution in [3.63, 3.8) is 0 Å². The standard InChI is InChI=1S/C18H25NO6/c1-3-4-5-9-14(2)24-17(20)12-8-13-18(21)25-16-11-7-6-10-15(16)19(22)23/h6-7,10-11,14H,3-5,8-9,12-13H2,1-2H3. The minimum absolute atomic E-state index is 0.00857. The molecule has 7 nitrogen and oxygen atoms in total. The molecule has 0 aliphatic carbocycles. The highest BCUT2D eigenvalue weighted by Crippen LogP contribution is 2.26.